The lowest BCUT2D eigenvalue weighted by Gasteiger charge is -2.47. The predicted molar refractivity (Wildman–Crippen MR) is 93.8 cm³/mol. The summed E-state index contributed by atoms with van der Waals surface area (Å²) in [6.07, 6.45) is -21.3. The lowest BCUT2D eigenvalue weighted by atomic mass is 9.97. The summed E-state index contributed by atoms with van der Waals surface area (Å²) < 4.78 is 26.7. The number of aliphatic hydroxyl groups excluding tert-OH is 9. The fourth-order valence-electron chi connectivity index (χ4n) is 3.66. The normalized spacial score (nSPS) is 54.0. The number of rotatable bonds is 5. The van der Waals surface area contributed by atoms with Crippen molar-refractivity contribution in [2.24, 2.45) is 0 Å². The summed E-state index contributed by atoms with van der Waals surface area (Å²) in [5.41, 5.74) is 0. The van der Waals surface area contributed by atoms with Crippen molar-refractivity contribution in [2.45, 2.75) is 92.9 Å². The SMILES string of the molecule is CC1O[C@@H](O[C@@H]2C(O)[C@@H](O)C(CO)O[C@H]2O[C@H]2COC(O)[C@H](O)C2O)C(O)[C@H](O)[C@H]1O. The van der Waals surface area contributed by atoms with Gasteiger partial charge in [-0.3, -0.25) is 0 Å². The Hall–Kier alpha value is -0.560. The smallest absolute Gasteiger partial charge is 0.187 e. The molecule has 0 saturated carbocycles. The number of hydrogen-bond donors (Lipinski definition) is 9. The summed E-state index contributed by atoms with van der Waals surface area (Å²) in [6, 6.07) is 0. The summed E-state index contributed by atoms with van der Waals surface area (Å²) >= 11 is 0. The Kier molecular flexibility index (Phi) is 8.21. The maximum Gasteiger partial charge on any atom is 0.187 e. The molecule has 0 amide bonds. The van der Waals surface area contributed by atoms with Gasteiger partial charge in [0.2, 0.25) is 0 Å². The van der Waals surface area contributed by atoms with Gasteiger partial charge in [-0.15, -0.1) is 0 Å². The van der Waals surface area contributed by atoms with Crippen LogP contribution in [-0.2, 0) is 23.7 Å². The van der Waals surface area contributed by atoms with Crippen molar-refractivity contribution in [3.05, 3.63) is 0 Å². The van der Waals surface area contributed by atoms with Crippen LogP contribution in [-0.4, -0.2) is 145 Å². The molecule has 0 aromatic heterocycles. The number of ether oxygens (including phenoxy) is 5. The maximum absolute atomic E-state index is 10.5. The number of hydrogen-bond acceptors (Lipinski definition) is 14. The minimum absolute atomic E-state index is 0.376. The molecule has 3 saturated heterocycles. The molecule has 0 aliphatic carbocycles. The van der Waals surface area contributed by atoms with Gasteiger partial charge in [-0.1, -0.05) is 0 Å². The third-order valence-corrected chi connectivity index (χ3v) is 5.69. The van der Waals surface area contributed by atoms with Crippen molar-refractivity contribution >= 4 is 0 Å². The Morgan fingerprint density at radius 2 is 1.39 bits per heavy atom. The van der Waals surface area contributed by atoms with Gasteiger partial charge in [0, 0.05) is 0 Å². The van der Waals surface area contributed by atoms with Crippen LogP contribution in [0.1, 0.15) is 6.92 Å². The molecule has 0 aromatic carbocycles. The third-order valence-electron chi connectivity index (χ3n) is 5.69. The summed E-state index contributed by atoms with van der Waals surface area (Å²) in [4.78, 5) is 0. The molecule has 3 heterocycles. The van der Waals surface area contributed by atoms with Crippen LogP contribution < -0.4 is 0 Å². The van der Waals surface area contributed by atoms with Gasteiger partial charge in [0.15, 0.2) is 18.9 Å². The molecule has 0 bridgehead atoms. The fourth-order valence-corrected chi connectivity index (χ4v) is 3.66. The first kappa shape index (κ1) is 25.1. The summed E-state index contributed by atoms with van der Waals surface area (Å²) in [5.74, 6) is 0. The Labute approximate surface area is 176 Å². The lowest BCUT2D eigenvalue weighted by molar-refractivity contribution is -0.379. The monoisotopic (exact) mass is 458 g/mol. The Bertz CT molecular complexity index is 581. The van der Waals surface area contributed by atoms with E-state index in [1.807, 2.05) is 0 Å². The van der Waals surface area contributed by atoms with Crippen LogP contribution in [0.25, 0.3) is 0 Å². The lowest BCUT2D eigenvalue weighted by Crippen LogP contribution is -2.65. The molecule has 9 N–H and O–H groups in total. The van der Waals surface area contributed by atoms with Gasteiger partial charge < -0.3 is 69.6 Å². The molecule has 3 aliphatic heterocycles. The highest BCUT2D eigenvalue weighted by molar-refractivity contribution is 4.94. The van der Waals surface area contributed by atoms with Crippen LogP contribution in [0.3, 0.4) is 0 Å². The summed E-state index contributed by atoms with van der Waals surface area (Å²) in [6.45, 7) is 0.330. The fraction of sp³-hybridized carbons (Fsp3) is 1.00. The second kappa shape index (κ2) is 10.1. The van der Waals surface area contributed by atoms with Crippen molar-refractivity contribution in [2.75, 3.05) is 13.2 Å². The molecule has 14 atom stereocenters. The molecule has 6 unspecified atom stereocenters. The predicted octanol–water partition coefficient (Wildman–Crippen LogP) is -5.91. The van der Waals surface area contributed by atoms with Crippen LogP contribution in [0.2, 0.25) is 0 Å². The van der Waals surface area contributed by atoms with E-state index < -0.39 is 92.6 Å². The van der Waals surface area contributed by atoms with Crippen LogP contribution in [0.5, 0.6) is 0 Å². The van der Waals surface area contributed by atoms with Crippen molar-refractivity contribution in [1.29, 1.82) is 0 Å². The first-order chi connectivity index (χ1) is 14.6. The first-order valence-electron chi connectivity index (χ1n) is 9.85. The van der Waals surface area contributed by atoms with E-state index in [9.17, 15) is 46.0 Å². The largest absolute Gasteiger partial charge is 0.394 e. The minimum atomic E-state index is -1.73. The van der Waals surface area contributed by atoms with E-state index >= 15 is 0 Å². The molecule has 3 rings (SSSR count). The van der Waals surface area contributed by atoms with Gasteiger partial charge in [-0.2, -0.15) is 0 Å². The van der Waals surface area contributed by atoms with Gasteiger partial charge in [-0.25, -0.2) is 0 Å². The minimum Gasteiger partial charge on any atom is -0.394 e. The van der Waals surface area contributed by atoms with E-state index in [4.69, 9.17) is 23.7 Å². The molecule has 0 radical (unpaired) electrons. The molecule has 3 aliphatic rings. The van der Waals surface area contributed by atoms with Crippen LogP contribution in [0, 0.1) is 0 Å². The third kappa shape index (κ3) is 5.02. The quantitative estimate of drug-likeness (QED) is 0.187. The topological polar surface area (TPSA) is 228 Å². The van der Waals surface area contributed by atoms with E-state index in [1.54, 1.807) is 0 Å². The highest BCUT2D eigenvalue weighted by Gasteiger charge is 2.52. The zero-order valence-electron chi connectivity index (χ0n) is 16.6. The Balaban J connectivity index is 1.77. The first-order valence-corrected chi connectivity index (χ1v) is 9.85. The summed E-state index contributed by atoms with van der Waals surface area (Å²) in [7, 11) is 0. The van der Waals surface area contributed by atoms with Gasteiger partial charge >= 0.3 is 0 Å². The molecule has 3 fully saturated rings. The maximum atomic E-state index is 10.5. The van der Waals surface area contributed by atoms with E-state index in [2.05, 4.69) is 0 Å². The zero-order valence-corrected chi connectivity index (χ0v) is 16.6. The highest BCUT2D eigenvalue weighted by atomic mass is 16.8. The van der Waals surface area contributed by atoms with E-state index in [-0.39, 0.29) is 6.61 Å². The molecular weight excluding hydrogens is 428 g/mol. The van der Waals surface area contributed by atoms with Gasteiger partial charge in [0.1, 0.15) is 61.0 Å². The van der Waals surface area contributed by atoms with Gasteiger partial charge in [0.25, 0.3) is 0 Å². The van der Waals surface area contributed by atoms with Gasteiger partial charge in [-0.05, 0) is 6.92 Å². The molecule has 31 heavy (non-hydrogen) atoms. The molecule has 0 aromatic rings. The van der Waals surface area contributed by atoms with Crippen LogP contribution >= 0.6 is 0 Å². The second-order valence-electron chi connectivity index (χ2n) is 7.87. The number of aliphatic hydroxyl groups is 9. The van der Waals surface area contributed by atoms with Crippen molar-refractivity contribution in [3.8, 4) is 0 Å². The second-order valence-corrected chi connectivity index (χ2v) is 7.87. The standard InChI is InChI=1S/C17H30O14/c1-4-7(19)10(22)13(25)16(28-4)31-14-11(23)8(20)5(2-18)29-17(14)30-6-3-27-15(26)12(24)9(6)21/h4-26H,2-3H2,1H3/t4?,5?,6-,7-,8-,9?,10+,11?,12+,13?,14+,15?,16-,17-/m0/s1. The zero-order chi connectivity index (χ0) is 23.0. The van der Waals surface area contributed by atoms with Crippen molar-refractivity contribution in [3.63, 3.8) is 0 Å². The average Bonchev–Trinajstić information content (AvgIpc) is 2.75. The average molecular weight is 458 g/mol. The molecular formula is C17H30O14. The Morgan fingerprint density at radius 1 is 0.710 bits per heavy atom. The molecule has 14 nitrogen and oxygen atoms in total. The highest BCUT2D eigenvalue weighted by Crippen LogP contribution is 2.31. The Morgan fingerprint density at radius 3 is 2.03 bits per heavy atom. The molecule has 182 valence electrons. The van der Waals surface area contributed by atoms with E-state index in [0.717, 1.165) is 0 Å². The molecule has 0 spiro atoms. The summed E-state index contributed by atoms with van der Waals surface area (Å²) in [5, 5.41) is 89.4. The van der Waals surface area contributed by atoms with Gasteiger partial charge in [0.05, 0.1) is 19.3 Å². The molecule has 14 heteroatoms. The van der Waals surface area contributed by atoms with Crippen molar-refractivity contribution in [1.82, 2.24) is 0 Å². The van der Waals surface area contributed by atoms with Crippen molar-refractivity contribution < 1.29 is 69.6 Å². The van der Waals surface area contributed by atoms with Crippen LogP contribution in [0.15, 0.2) is 0 Å². The van der Waals surface area contributed by atoms with Crippen LogP contribution in [0.4, 0.5) is 0 Å². The van der Waals surface area contributed by atoms with E-state index in [1.165, 1.54) is 6.92 Å². The van der Waals surface area contributed by atoms with E-state index in [0.29, 0.717) is 0 Å².